The lowest BCUT2D eigenvalue weighted by Gasteiger charge is -2.49. The number of benzene rings is 1. The van der Waals surface area contributed by atoms with Crippen LogP contribution < -0.4 is 5.32 Å². The molecule has 0 unspecified atom stereocenters. The molecular formula is C15H22N2O2. The van der Waals surface area contributed by atoms with Gasteiger partial charge in [0.05, 0.1) is 5.60 Å². The largest absolute Gasteiger partial charge is 0.387 e. The molecule has 0 radical (unpaired) electrons. The molecule has 4 heteroatoms. The highest BCUT2D eigenvalue weighted by atomic mass is 16.3. The van der Waals surface area contributed by atoms with Crippen molar-refractivity contribution in [1.82, 2.24) is 4.90 Å². The molecular weight excluding hydrogens is 240 g/mol. The van der Waals surface area contributed by atoms with Gasteiger partial charge in [-0.1, -0.05) is 32.0 Å². The van der Waals surface area contributed by atoms with Gasteiger partial charge in [-0.15, -0.1) is 0 Å². The monoisotopic (exact) mass is 262 g/mol. The van der Waals surface area contributed by atoms with E-state index in [2.05, 4.69) is 10.2 Å². The molecule has 104 valence electrons. The van der Waals surface area contributed by atoms with Crippen molar-refractivity contribution in [1.29, 1.82) is 0 Å². The zero-order valence-electron chi connectivity index (χ0n) is 11.6. The van der Waals surface area contributed by atoms with Gasteiger partial charge in [0.25, 0.3) is 0 Å². The molecule has 0 atom stereocenters. The molecule has 1 aliphatic heterocycles. The van der Waals surface area contributed by atoms with Gasteiger partial charge in [0.15, 0.2) is 0 Å². The molecule has 0 aromatic heterocycles. The number of carbonyl (C=O) groups excluding carboxylic acids is 1. The lowest BCUT2D eigenvalue weighted by atomic mass is 9.83. The third-order valence-corrected chi connectivity index (χ3v) is 3.78. The molecule has 0 saturated carbocycles. The van der Waals surface area contributed by atoms with Gasteiger partial charge in [-0.3, -0.25) is 9.69 Å². The number of rotatable bonds is 5. The van der Waals surface area contributed by atoms with E-state index in [9.17, 15) is 9.90 Å². The summed E-state index contributed by atoms with van der Waals surface area (Å²) in [6.45, 7) is 6.10. The van der Waals surface area contributed by atoms with Crippen molar-refractivity contribution in [3.63, 3.8) is 0 Å². The summed E-state index contributed by atoms with van der Waals surface area (Å²) in [5.41, 5.74) is 0.269. The first-order chi connectivity index (χ1) is 8.99. The van der Waals surface area contributed by atoms with Crippen molar-refractivity contribution in [2.24, 2.45) is 5.92 Å². The van der Waals surface area contributed by atoms with Crippen LogP contribution in [0.2, 0.25) is 0 Å². The molecule has 1 fully saturated rings. The maximum absolute atomic E-state index is 11.8. The second kappa shape index (κ2) is 5.72. The van der Waals surface area contributed by atoms with Crippen LogP contribution in [0.25, 0.3) is 0 Å². The second-order valence-corrected chi connectivity index (χ2v) is 5.63. The summed E-state index contributed by atoms with van der Waals surface area (Å²) in [6, 6.07) is 9.46. The van der Waals surface area contributed by atoms with Crippen LogP contribution in [-0.4, -0.2) is 41.1 Å². The predicted octanol–water partition coefficient (Wildman–Crippen LogP) is 1.72. The second-order valence-electron chi connectivity index (χ2n) is 5.63. The van der Waals surface area contributed by atoms with Crippen molar-refractivity contribution in [3.8, 4) is 0 Å². The van der Waals surface area contributed by atoms with E-state index in [1.807, 2.05) is 44.2 Å². The number of hydrogen-bond donors (Lipinski definition) is 2. The van der Waals surface area contributed by atoms with E-state index >= 15 is 0 Å². The molecule has 4 nitrogen and oxygen atoms in total. The normalized spacial score (nSPS) is 18.1. The Bertz CT molecular complexity index is 425. The van der Waals surface area contributed by atoms with Gasteiger partial charge in [-0.05, 0) is 18.1 Å². The van der Waals surface area contributed by atoms with Gasteiger partial charge in [-0.25, -0.2) is 0 Å². The minimum absolute atomic E-state index is 0.0196. The van der Waals surface area contributed by atoms with Gasteiger partial charge >= 0.3 is 0 Å². The summed E-state index contributed by atoms with van der Waals surface area (Å²) in [4.78, 5) is 13.9. The first kappa shape index (κ1) is 14.0. The van der Waals surface area contributed by atoms with Crippen molar-refractivity contribution >= 4 is 11.6 Å². The average molecular weight is 262 g/mol. The molecule has 19 heavy (non-hydrogen) atoms. The molecule has 1 aromatic rings. The third-order valence-electron chi connectivity index (χ3n) is 3.78. The number of nitrogens with zero attached hydrogens (tertiary/aromatic N) is 1. The number of anilines is 1. The Hall–Kier alpha value is -1.39. The molecule has 2 rings (SSSR count). The van der Waals surface area contributed by atoms with Crippen LogP contribution in [0.4, 0.5) is 5.69 Å². The Kier molecular flexibility index (Phi) is 4.22. The predicted molar refractivity (Wildman–Crippen MR) is 75.9 cm³/mol. The van der Waals surface area contributed by atoms with Crippen molar-refractivity contribution in [2.75, 3.05) is 25.0 Å². The number of para-hydroxylation sites is 1. The first-order valence-corrected chi connectivity index (χ1v) is 6.79. The minimum atomic E-state index is -0.560. The topological polar surface area (TPSA) is 52.6 Å². The molecule has 1 aliphatic rings. The summed E-state index contributed by atoms with van der Waals surface area (Å²) in [5.74, 6) is 0.285. The first-order valence-electron chi connectivity index (χ1n) is 6.79. The molecule has 2 N–H and O–H groups in total. The Morgan fingerprint density at radius 2 is 2.00 bits per heavy atom. The van der Waals surface area contributed by atoms with Crippen molar-refractivity contribution in [3.05, 3.63) is 30.3 Å². The fraction of sp³-hybridized carbons (Fsp3) is 0.533. The molecule has 1 heterocycles. The number of carbonyl (C=O) groups is 1. The van der Waals surface area contributed by atoms with Crippen LogP contribution in [0.15, 0.2) is 30.3 Å². The fourth-order valence-corrected chi connectivity index (χ4v) is 2.26. The smallest absolute Gasteiger partial charge is 0.225 e. The van der Waals surface area contributed by atoms with Crippen molar-refractivity contribution < 1.29 is 9.90 Å². The number of amides is 1. The zero-order chi connectivity index (χ0) is 13.9. The molecule has 1 amide bonds. The Morgan fingerprint density at radius 1 is 1.37 bits per heavy atom. The summed E-state index contributed by atoms with van der Waals surface area (Å²) < 4.78 is 0. The van der Waals surface area contributed by atoms with Crippen LogP contribution in [-0.2, 0) is 4.79 Å². The van der Waals surface area contributed by atoms with Crippen LogP contribution in [0.3, 0.4) is 0 Å². The lowest BCUT2D eigenvalue weighted by molar-refractivity contribution is -0.132. The molecule has 0 bridgehead atoms. The third kappa shape index (κ3) is 3.55. The van der Waals surface area contributed by atoms with Gasteiger partial charge in [0, 0.05) is 31.7 Å². The van der Waals surface area contributed by atoms with Crippen LogP contribution in [0, 0.1) is 5.92 Å². The molecule has 0 spiro atoms. The van der Waals surface area contributed by atoms with E-state index in [0.29, 0.717) is 26.1 Å². The Labute approximate surface area is 114 Å². The van der Waals surface area contributed by atoms with Crippen molar-refractivity contribution in [2.45, 2.75) is 25.9 Å². The number of aliphatic hydroxyl groups is 1. The maximum atomic E-state index is 11.8. The summed E-state index contributed by atoms with van der Waals surface area (Å²) in [6.07, 6.45) is 0.461. The van der Waals surface area contributed by atoms with E-state index in [0.717, 1.165) is 5.69 Å². The SMILES string of the molecule is CC(C)C1(O)CN(CCC(=O)Nc2ccccc2)C1. The summed E-state index contributed by atoms with van der Waals surface area (Å²) in [5, 5.41) is 13.0. The van der Waals surface area contributed by atoms with Gasteiger partial charge in [-0.2, -0.15) is 0 Å². The Balaban J connectivity index is 1.69. The highest BCUT2D eigenvalue weighted by Gasteiger charge is 2.43. The number of nitrogens with one attached hydrogen (secondary N) is 1. The van der Waals surface area contributed by atoms with E-state index in [1.165, 1.54) is 0 Å². The maximum Gasteiger partial charge on any atom is 0.225 e. The lowest BCUT2D eigenvalue weighted by Crippen LogP contribution is -2.64. The van der Waals surface area contributed by atoms with Gasteiger partial charge < -0.3 is 10.4 Å². The zero-order valence-corrected chi connectivity index (χ0v) is 11.6. The fourth-order valence-electron chi connectivity index (χ4n) is 2.26. The molecule has 1 aromatic carbocycles. The van der Waals surface area contributed by atoms with E-state index in [4.69, 9.17) is 0 Å². The highest BCUT2D eigenvalue weighted by Crippen LogP contribution is 2.28. The summed E-state index contributed by atoms with van der Waals surface area (Å²) in [7, 11) is 0. The van der Waals surface area contributed by atoms with Gasteiger partial charge in [0.2, 0.25) is 5.91 Å². The van der Waals surface area contributed by atoms with E-state index in [1.54, 1.807) is 0 Å². The van der Waals surface area contributed by atoms with Crippen LogP contribution >= 0.6 is 0 Å². The summed E-state index contributed by atoms with van der Waals surface area (Å²) >= 11 is 0. The highest BCUT2D eigenvalue weighted by molar-refractivity contribution is 5.90. The van der Waals surface area contributed by atoms with E-state index in [-0.39, 0.29) is 11.8 Å². The molecule has 0 aliphatic carbocycles. The number of hydrogen-bond acceptors (Lipinski definition) is 3. The number of likely N-dealkylation sites (tertiary alicyclic amines) is 1. The van der Waals surface area contributed by atoms with E-state index < -0.39 is 5.60 Å². The number of β-amino-alcohol motifs (C(OH)–C–C–N with tert-alkyl or cyclic N) is 1. The van der Waals surface area contributed by atoms with Crippen LogP contribution in [0.1, 0.15) is 20.3 Å². The minimum Gasteiger partial charge on any atom is -0.387 e. The van der Waals surface area contributed by atoms with Crippen LogP contribution in [0.5, 0.6) is 0 Å². The van der Waals surface area contributed by atoms with Gasteiger partial charge in [0.1, 0.15) is 0 Å². The standard InChI is InChI=1S/C15H22N2O2/c1-12(2)15(19)10-17(11-15)9-8-14(18)16-13-6-4-3-5-7-13/h3-7,12,19H,8-11H2,1-2H3,(H,16,18). The Morgan fingerprint density at radius 3 is 2.58 bits per heavy atom. The molecule has 1 saturated heterocycles. The quantitative estimate of drug-likeness (QED) is 0.849. The average Bonchev–Trinajstić information content (AvgIpc) is 2.34.